The summed E-state index contributed by atoms with van der Waals surface area (Å²) in [4.78, 5) is 29.6. The van der Waals surface area contributed by atoms with Gasteiger partial charge in [-0.2, -0.15) is 0 Å². The van der Waals surface area contributed by atoms with Crippen molar-refractivity contribution in [2.24, 2.45) is 0 Å². The monoisotopic (exact) mass is 398 g/mol. The van der Waals surface area contributed by atoms with Crippen molar-refractivity contribution < 1.29 is 9.59 Å². The highest BCUT2D eigenvalue weighted by atomic mass is 16.2. The molecule has 3 aromatic carbocycles. The van der Waals surface area contributed by atoms with Crippen molar-refractivity contribution >= 4 is 11.8 Å². The normalized spacial score (nSPS) is 13.8. The predicted molar refractivity (Wildman–Crippen MR) is 118 cm³/mol. The maximum Gasteiger partial charge on any atom is 0.261 e. The first-order valence-electron chi connectivity index (χ1n) is 10.2. The van der Waals surface area contributed by atoms with E-state index in [9.17, 15) is 9.59 Å². The standard InChI is InChI=1S/C26H26N2O2/c1-26(2,19-28-24(29)22-15-9-10-16-23(22)25(28)30)27(17-20-11-5-3-6-12-20)18-21-13-7-4-8-14-21/h3-16H,17-19H2,1-2H3. The van der Waals surface area contributed by atoms with Crippen LogP contribution in [0.3, 0.4) is 0 Å². The van der Waals surface area contributed by atoms with Crippen LogP contribution in [0.5, 0.6) is 0 Å². The van der Waals surface area contributed by atoms with Crippen LogP contribution >= 0.6 is 0 Å². The Balaban J connectivity index is 1.60. The number of hydrogen-bond acceptors (Lipinski definition) is 3. The third-order valence-electron chi connectivity index (χ3n) is 5.71. The zero-order valence-corrected chi connectivity index (χ0v) is 17.4. The minimum absolute atomic E-state index is 0.206. The van der Waals surface area contributed by atoms with Crippen molar-refractivity contribution in [2.45, 2.75) is 32.5 Å². The number of hydrogen-bond donors (Lipinski definition) is 0. The third-order valence-corrected chi connectivity index (χ3v) is 5.71. The van der Waals surface area contributed by atoms with E-state index in [1.165, 1.54) is 16.0 Å². The summed E-state index contributed by atoms with van der Waals surface area (Å²) in [5, 5.41) is 0. The molecule has 0 saturated carbocycles. The molecular formula is C26H26N2O2. The molecule has 4 nitrogen and oxygen atoms in total. The quantitative estimate of drug-likeness (QED) is 0.539. The number of fused-ring (bicyclic) bond motifs is 1. The van der Waals surface area contributed by atoms with Crippen LogP contribution < -0.4 is 0 Å². The Morgan fingerprint density at radius 1 is 0.667 bits per heavy atom. The first kappa shape index (κ1) is 20.0. The van der Waals surface area contributed by atoms with Gasteiger partial charge in [0.1, 0.15) is 0 Å². The molecule has 0 aromatic heterocycles. The van der Waals surface area contributed by atoms with E-state index in [1.807, 2.05) is 36.4 Å². The molecule has 30 heavy (non-hydrogen) atoms. The Hall–Kier alpha value is -3.24. The molecule has 0 atom stereocenters. The maximum atomic E-state index is 12.9. The van der Waals surface area contributed by atoms with E-state index < -0.39 is 5.54 Å². The lowest BCUT2D eigenvalue weighted by molar-refractivity contribution is 0.0421. The molecule has 0 unspecified atom stereocenters. The number of amides is 2. The van der Waals surface area contributed by atoms with Gasteiger partial charge in [-0.1, -0.05) is 72.8 Å². The summed E-state index contributed by atoms with van der Waals surface area (Å²) in [6.45, 7) is 5.99. The number of carbonyl (C=O) groups excluding carboxylic acids is 2. The van der Waals surface area contributed by atoms with Crippen molar-refractivity contribution in [1.29, 1.82) is 0 Å². The number of imide groups is 1. The molecule has 0 fully saturated rings. The lowest BCUT2D eigenvalue weighted by Gasteiger charge is -2.40. The van der Waals surface area contributed by atoms with Gasteiger partial charge in [0.25, 0.3) is 11.8 Å². The lowest BCUT2D eigenvalue weighted by Crippen LogP contribution is -2.52. The second-order valence-electron chi connectivity index (χ2n) is 8.38. The second kappa shape index (κ2) is 8.25. The zero-order chi connectivity index (χ0) is 21.1. The topological polar surface area (TPSA) is 40.6 Å². The Labute approximate surface area is 177 Å². The summed E-state index contributed by atoms with van der Waals surface area (Å²) in [6.07, 6.45) is 0. The van der Waals surface area contributed by atoms with E-state index in [4.69, 9.17) is 0 Å². The van der Waals surface area contributed by atoms with Gasteiger partial charge in [0.15, 0.2) is 0 Å². The number of benzene rings is 3. The van der Waals surface area contributed by atoms with E-state index in [0.29, 0.717) is 17.7 Å². The zero-order valence-electron chi connectivity index (χ0n) is 17.4. The van der Waals surface area contributed by atoms with Crippen LogP contribution in [0, 0.1) is 0 Å². The van der Waals surface area contributed by atoms with Crippen LogP contribution in [0.2, 0.25) is 0 Å². The number of carbonyl (C=O) groups is 2. The number of rotatable bonds is 7. The van der Waals surface area contributed by atoms with Crippen LogP contribution in [0.1, 0.15) is 45.7 Å². The van der Waals surface area contributed by atoms with Crippen molar-refractivity contribution in [2.75, 3.05) is 6.54 Å². The summed E-state index contributed by atoms with van der Waals surface area (Å²) < 4.78 is 0. The third kappa shape index (κ3) is 4.05. The van der Waals surface area contributed by atoms with E-state index in [1.54, 1.807) is 24.3 Å². The summed E-state index contributed by atoms with van der Waals surface area (Å²) in [6, 6.07) is 27.6. The van der Waals surface area contributed by atoms with Crippen LogP contribution in [-0.2, 0) is 13.1 Å². The molecule has 152 valence electrons. The van der Waals surface area contributed by atoms with Crippen LogP contribution in [-0.4, -0.2) is 33.7 Å². The minimum atomic E-state index is -0.418. The Bertz CT molecular complexity index is 968. The molecule has 0 bridgehead atoms. The molecule has 1 heterocycles. The molecule has 0 saturated heterocycles. The SMILES string of the molecule is CC(C)(CN1C(=O)c2ccccc2C1=O)N(Cc1ccccc1)Cc1ccccc1. The van der Waals surface area contributed by atoms with Crippen LogP contribution in [0.25, 0.3) is 0 Å². The number of nitrogens with zero attached hydrogens (tertiary/aromatic N) is 2. The fourth-order valence-corrected chi connectivity index (χ4v) is 3.96. The van der Waals surface area contributed by atoms with Gasteiger partial charge in [-0.25, -0.2) is 0 Å². The van der Waals surface area contributed by atoms with Crippen LogP contribution in [0.4, 0.5) is 0 Å². The molecule has 1 aliphatic heterocycles. The molecule has 0 aliphatic carbocycles. The van der Waals surface area contributed by atoms with E-state index in [2.05, 4.69) is 43.0 Å². The average Bonchev–Trinajstić information content (AvgIpc) is 3.00. The fourth-order valence-electron chi connectivity index (χ4n) is 3.96. The molecule has 0 radical (unpaired) electrons. The summed E-state index contributed by atoms with van der Waals surface area (Å²) in [7, 11) is 0. The van der Waals surface area contributed by atoms with Gasteiger partial charge in [0.2, 0.25) is 0 Å². The molecular weight excluding hydrogens is 372 g/mol. The highest BCUT2D eigenvalue weighted by Crippen LogP contribution is 2.28. The van der Waals surface area contributed by atoms with Gasteiger partial charge in [-0.15, -0.1) is 0 Å². The Kier molecular flexibility index (Phi) is 5.51. The minimum Gasteiger partial charge on any atom is -0.288 e. The van der Waals surface area contributed by atoms with Gasteiger partial charge >= 0.3 is 0 Å². The van der Waals surface area contributed by atoms with Crippen molar-refractivity contribution in [3.8, 4) is 0 Å². The molecule has 0 N–H and O–H groups in total. The predicted octanol–water partition coefficient (Wildman–Crippen LogP) is 4.76. The fraction of sp³-hybridized carbons (Fsp3) is 0.231. The van der Waals surface area contributed by atoms with Crippen molar-refractivity contribution in [3.63, 3.8) is 0 Å². The van der Waals surface area contributed by atoms with Gasteiger partial charge in [0.05, 0.1) is 11.1 Å². The van der Waals surface area contributed by atoms with Crippen molar-refractivity contribution in [3.05, 3.63) is 107 Å². The van der Waals surface area contributed by atoms with Gasteiger partial charge in [0, 0.05) is 25.2 Å². The first-order valence-corrected chi connectivity index (χ1v) is 10.2. The highest BCUT2D eigenvalue weighted by Gasteiger charge is 2.40. The smallest absolute Gasteiger partial charge is 0.261 e. The molecule has 2 amide bonds. The molecule has 1 aliphatic rings. The molecule has 4 heteroatoms. The van der Waals surface area contributed by atoms with Gasteiger partial charge < -0.3 is 0 Å². The maximum absolute atomic E-state index is 12.9. The molecule has 3 aromatic rings. The average molecular weight is 399 g/mol. The van der Waals surface area contributed by atoms with E-state index >= 15 is 0 Å². The van der Waals surface area contributed by atoms with Crippen molar-refractivity contribution in [1.82, 2.24) is 9.80 Å². The largest absolute Gasteiger partial charge is 0.288 e. The summed E-state index contributed by atoms with van der Waals surface area (Å²) in [5.74, 6) is -0.411. The second-order valence-corrected chi connectivity index (χ2v) is 8.38. The molecule has 0 spiro atoms. The van der Waals surface area contributed by atoms with Crippen LogP contribution in [0.15, 0.2) is 84.9 Å². The summed E-state index contributed by atoms with van der Waals surface area (Å²) in [5.41, 5.74) is 2.97. The lowest BCUT2D eigenvalue weighted by atomic mass is 9.99. The summed E-state index contributed by atoms with van der Waals surface area (Å²) >= 11 is 0. The highest BCUT2D eigenvalue weighted by molar-refractivity contribution is 6.21. The van der Waals surface area contributed by atoms with E-state index in [-0.39, 0.29) is 11.8 Å². The Morgan fingerprint density at radius 2 is 1.07 bits per heavy atom. The van der Waals surface area contributed by atoms with E-state index in [0.717, 1.165) is 13.1 Å². The Morgan fingerprint density at radius 3 is 1.50 bits per heavy atom. The molecule has 4 rings (SSSR count). The first-order chi connectivity index (χ1) is 14.5. The van der Waals surface area contributed by atoms with Gasteiger partial charge in [-0.3, -0.25) is 19.4 Å². The van der Waals surface area contributed by atoms with Gasteiger partial charge in [-0.05, 0) is 37.1 Å².